The summed E-state index contributed by atoms with van der Waals surface area (Å²) in [4.78, 5) is 12.1. The molecule has 6 nitrogen and oxygen atoms in total. The summed E-state index contributed by atoms with van der Waals surface area (Å²) < 4.78 is 16.7. The Bertz CT molecular complexity index is 798. The fourth-order valence-electron chi connectivity index (χ4n) is 2.90. The maximum Gasteiger partial charge on any atom is 0.407 e. The van der Waals surface area contributed by atoms with E-state index >= 15 is 0 Å². The number of benzene rings is 2. The van der Waals surface area contributed by atoms with Gasteiger partial charge in [-0.15, -0.1) is 0 Å². The average Bonchev–Trinajstić information content (AvgIpc) is 3.43. The first-order chi connectivity index (χ1) is 13.3. The van der Waals surface area contributed by atoms with Crippen molar-refractivity contribution < 1.29 is 19.0 Å². The van der Waals surface area contributed by atoms with Crippen LogP contribution in [-0.2, 0) is 22.5 Å². The van der Waals surface area contributed by atoms with Crippen molar-refractivity contribution in [3.05, 3.63) is 59.7 Å². The zero-order valence-corrected chi connectivity index (χ0v) is 16.6. The number of rotatable bonds is 7. The van der Waals surface area contributed by atoms with Crippen molar-refractivity contribution in [1.29, 1.82) is 0 Å². The van der Waals surface area contributed by atoms with Crippen molar-refractivity contribution in [3.63, 3.8) is 0 Å². The first kappa shape index (κ1) is 20.0. The van der Waals surface area contributed by atoms with E-state index in [1.165, 1.54) is 0 Å². The van der Waals surface area contributed by atoms with E-state index in [1.54, 1.807) is 6.07 Å². The highest BCUT2D eigenvalue weighted by atomic mass is 16.6. The molecule has 0 saturated carbocycles. The average molecular weight is 384 g/mol. The van der Waals surface area contributed by atoms with Gasteiger partial charge in [-0.3, -0.25) is 0 Å². The lowest BCUT2D eigenvalue weighted by atomic mass is 10.0. The SMILES string of the molecule is CC(C)(C)OC(=O)N[C@@H](Cc1cc(N)cc(OCc2ccccc2)c1)[C@H]1CO1. The number of carbonyl (C=O) groups excluding carboxylic acids is 1. The molecular weight excluding hydrogens is 356 g/mol. The predicted octanol–water partition coefficient (Wildman–Crippen LogP) is 3.68. The summed E-state index contributed by atoms with van der Waals surface area (Å²) in [5.74, 6) is 0.701. The zero-order chi connectivity index (χ0) is 20.1. The maximum atomic E-state index is 12.1. The van der Waals surface area contributed by atoms with E-state index in [-0.39, 0.29) is 12.1 Å². The van der Waals surface area contributed by atoms with Gasteiger partial charge in [0.25, 0.3) is 0 Å². The molecule has 3 N–H and O–H groups in total. The Morgan fingerprint density at radius 1 is 1.21 bits per heavy atom. The molecule has 0 spiro atoms. The van der Waals surface area contributed by atoms with Gasteiger partial charge in [0.15, 0.2) is 0 Å². The summed E-state index contributed by atoms with van der Waals surface area (Å²) in [5, 5.41) is 2.91. The molecule has 1 aliphatic rings. The Labute approximate surface area is 166 Å². The third kappa shape index (κ3) is 6.46. The molecular formula is C22H28N2O4. The lowest BCUT2D eigenvalue weighted by molar-refractivity contribution is 0.0495. The Morgan fingerprint density at radius 3 is 2.57 bits per heavy atom. The molecule has 0 aromatic heterocycles. The fourth-order valence-corrected chi connectivity index (χ4v) is 2.90. The van der Waals surface area contributed by atoms with Crippen LogP contribution in [0.2, 0.25) is 0 Å². The van der Waals surface area contributed by atoms with Gasteiger partial charge in [-0.25, -0.2) is 4.79 Å². The predicted molar refractivity (Wildman–Crippen MR) is 108 cm³/mol. The van der Waals surface area contributed by atoms with Gasteiger partial charge in [-0.05, 0) is 50.5 Å². The molecule has 1 aliphatic heterocycles. The minimum Gasteiger partial charge on any atom is -0.489 e. The molecule has 1 fully saturated rings. The van der Waals surface area contributed by atoms with Gasteiger partial charge in [0.1, 0.15) is 24.1 Å². The fraction of sp³-hybridized carbons (Fsp3) is 0.409. The third-order valence-corrected chi connectivity index (χ3v) is 4.20. The largest absolute Gasteiger partial charge is 0.489 e. The van der Waals surface area contributed by atoms with Gasteiger partial charge in [0.2, 0.25) is 0 Å². The molecule has 1 saturated heterocycles. The van der Waals surface area contributed by atoms with Gasteiger partial charge in [0.05, 0.1) is 12.6 Å². The van der Waals surface area contributed by atoms with Gasteiger partial charge in [-0.1, -0.05) is 30.3 Å². The third-order valence-electron chi connectivity index (χ3n) is 4.20. The lowest BCUT2D eigenvalue weighted by Crippen LogP contribution is -2.43. The molecule has 3 rings (SSSR count). The number of carbonyl (C=O) groups is 1. The van der Waals surface area contributed by atoms with Crippen LogP contribution in [0.25, 0.3) is 0 Å². The quantitative estimate of drug-likeness (QED) is 0.562. The number of epoxide rings is 1. The number of ether oxygens (including phenoxy) is 3. The molecule has 1 amide bonds. The van der Waals surface area contributed by atoms with Gasteiger partial charge in [-0.2, -0.15) is 0 Å². The number of alkyl carbamates (subject to hydrolysis) is 1. The number of hydrogen-bond donors (Lipinski definition) is 2. The van der Waals surface area contributed by atoms with Crippen LogP contribution >= 0.6 is 0 Å². The van der Waals surface area contributed by atoms with E-state index in [0.717, 1.165) is 11.1 Å². The van der Waals surface area contributed by atoms with E-state index in [1.807, 2.05) is 63.2 Å². The second-order valence-corrected chi connectivity index (χ2v) is 8.01. The van der Waals surface area contributed by atoms with Crippen molar-refractivity contribution in [1.82, 2.24) is 5.32 Å². The first-order valence-electron chi connectivity index (χ1n) is 9.46. The molecule has 2 aromatic rings. The van der Waals surface area contributed by atoms with Crippen molar-refractivity contribution in [2.45, 2.75) is 51.5 Å². The van der Waals surface area contributed by atoms with Crippen molar-refractivity contribution in [3.8, 4) is 5.75 Å². The van der Waals surface area contributed by atoms with Crippen molar-refractivity contribution in [2.24, 2.45) is 0 Å². The lowest BCUT2D eigenvalue weighted by Gasteiger charge is -2.23. The van der Waals surface area contributed by atoms with E-state index in [2.05, 4.69) is 5.32 Å². The van der Waals surface area contributed by atoms with Crippen LogP contribution in [0.1, 0.15) is 31.9 Å². The Balaban J connectivity index is 1.64. The van der Waals surface area contributed by atoms with Gasteiger partial charge < -0.3 is 25.3 Å². The van der Waals surface area contributed by atoms with Crippen LogP contribution in [-0.4, -0.2) is 30.4 Å². The highest BCUT2D eigenvalue weighted by Crippen LogP contribution is 2.24. The highest BCUT2D eigenvalue weighted by Gasteiger charge is 2.35. The number of hydrogen-bond acceptors (Lipinski definition) is 5. The molecule has 6 heteroatoms. The number of anilines is 1. The summed E-state index contributed by atoms with van der Waals surface area (Å²) >= 11 is 0. The maximum absolute atomic E-state index is 12.1. The second kappa shape index (κ2) is 8.52. The summed E-state index contributed by atoms with van der Waals surface area (Å²) in [6.07, 6.45) is 0.122. The summed E-state index contributed by atoms with van der Waals surface area (Å²) in [6, 6.07) is 15.4. The molecule has 1 heterocycles. The summed E-state index contributed by atoms with van der Waals surface area (Å²) in [7, 11) is 0. The molecule has 0 radical (unpaired) electrons. The monoisotopic (exact) mass is 384 g/mol. The van der Waals surface area contributed by atoms with Crippen LogP contribution < -0.4 is 15.8 Å². The first-order valence-corrected chi connectivity index (χ1v) is 9.46. The highest BCUT2D eigenvalue weighted by molar-refractivity contribution is 5.68. The van der Waals surface area contributed by atoms with Crippen molar-refractivity contribution >= 4 is 11.8 Å². The Hall–Kier alpha value is -2.73. The minimum absolute atomic E-state index is 0.0114. The molecule has 2 aromatic carbocycles. The van der Waals surface area contributed by atoms with E-state index in [9.17, 15) is 4.79 Å². The van der Waals surface area contributed by atoms with Crippen LogP contribution in [0.15, 0.2) is 48.5 Å². The molecule has 0 bridgehead atoms. The van der Waals surface area contributed by atoms with Crippen molar-refractivity contribution in [2.75, 3.05) is 12.3 Å². The Morgan fingerprint density at radius 2 is 1.93 bits per heavy atom. The number of amides is 1. The van der Waals surface area contributed by atoms with Crippen LogP contribution in [0.4, 0.5) is 10.5 Å². The van der Waals surface area contributed by atoms with Crippen LogP contribution in [0.5, 0.6) is 5.75 Å². The van der Waals surface area contributed by atoms with Gasteiger partial charge >= 0.3 is 6.09 Å². The van der Waals surface area contributed by atoms with Crippen LogP contribution in [0.3, 0.4) is 0 Å². The minimum atomic E-state index is -0.547. The number of nitrogens with two attached hydrogens (primary N) is 1. The summed E-state index contributed by atoms with van der Waals surface area (Å²) in [6.45, 7) is 6.60. The summed E-state index contributed by atoms with van der Waals surface area (Å²) in [5.41, 5.74) is 8.19. The van der Waals surface area contributed by atoms with Gasteiger partial charge in [0, 0.05) is 11.8 Å². The Kier molecular flexibility index (Phi) is 6.09. The molecule has 28 heavy (non-hydrogen) atoms. The van der Waals surface area contributed by atoms with E-state index < -0.39 is 11.7 Å². The normalized spacial score (nSPS) is 16.9. The molecule has 0 unspecified atom stereocenters. The van der Waals surface area contributed by atoms with E-state index in [4.69, 9.17) is 19.9 Å². The molecule has 2 atom stereocenters. The topological polar surface area (TPSA) is 86.1 Å². The molecule has 150 valence electrons. The standard InChI is InChI=1S/C22H28N2O4/c1-22(2,3)28-21(25)24-19(20-14-27-20)11-16-9-17(23)12-18(10-16)26-13-15-7-5-4-6-8-15/h4-10,12,19-20H,11,13-14,23H2,1-3H3,(H,24,25)/t19-,20+/m0/s1. The number of nitrogens with one attached hydrogen (secondary N) is 1. The van der Waals surface area contributed by atoms with Crippen LogP contribution in [0, 0.1) is 0 Å². The zero-order valence-electron chi connectivity index (χ0n) is 16.6. The second-order valence-electron chi connectivity index (χ2n) is 8.01. The van der Waals surface area contributed by atoms with E-state index in [0.29, 0.717) is 31.1 Å². The smallest absolute Gasteiger partial charge is 0.407 e. The molecule has 0 aliphatic carbocycles. The number of nitrogen functional groups attached to an aromatic ring is 1.